The van der Waals surface area contributed by atoms with Crippen molar-refractivity contribution in [1.29, 1.82) is 0 Å². The first-order valence-corrected chi connectivity index (χ1v) is 6.32. The molecule has 102 valence electrons. The number of rotatable bonds is 3. The first-order chi connectivity index (χ1) is 8.93. The highest BCUT2D eigenvalue weighted by atomic mass is 16.4. The van der Waals surface area contributed by atoms with E-state index in [1.54, 1.807) is 24.3 Å². The molecule has 0 fully saturated rings. The molecule has 0 aromatic heterocycles. The molecule has 0 aliphatic carbocycles. The zero-order valence-corrected chi connectivity index (χ0v) is 11.0. The Morgan fingerprint density at radius 2 is 2.00 bits per heavy atom. The Bertz CT molecular complexity index is 513. The Morgan fingerprint density at radius 1 is 1.37 bits per heavy atom. The smallest absolute Gasteiger partial charge is 0.312 e. The highest BCUT2D eigenvalue weighted by Crippen LogP contribution is 2.36. The van der Waals surface area contributed by atoms with Gasteiger partial charge in [-0.3, -0.25) is 9.59 Å². The molecule has 0 saturated heterocycles. The van der Waals surface area contributed by atoms with E-state index in [4.69, 9.17) is 5.73 Å². The molecule has 0 bridgehead atoms. The fourth-order valence-corrected chi connectivity index (χ4v) is 2.29. The van der Waals surface area contributed by atoms with Crippen molar-refractivity contribution in [2.24, 2.45) is 11.7 Å². The summed E-state index contributed by atoms with van der Waals surface area (Å²) in [4.78, 5) is 25.1. The van der Waals surface area contributed by atoms with Crippen LogP contribution in [0.5, 0.6) is 0 Å². The van der Waals surface area contributed by atoms with Crippen LogP contribution in [0.25, 0.3) is 0 Å². The number of nitrogens with two attached hydrogens (primary N) is 1. The zero-order valence-electron chi connectivity index (χ0n) is 11.0. The number of carboxylic acids is 1. The molecule has 0 saturated carbocycles. The predicted octanol–water partition coefficient (Wildman–Crippen LogP) is 1.18. The van der Waals surface area contributed by atoms with E-state index in [1.807, 2.05) is 13.8 Å². The Morgan fingerprint density at radius 3 is 2.58 bits per heavy atom. The molecule has 1 aliphatic heterocycles. The van der Waals surface area contributed by atoms with E-state index >= 15 is 0 Å². The first-order valence-electron chi connectivity index (χ1n) is 6.32. The first kappa shape index (κ1) is 13.5. The minimum absolute atomic E-state index is 0.0172. The molecule has 3 N–H and O–H groups in total. The van der Waals surface area contributed by atoms with Gasteiger partial charge in [0.05, 0.1) is 6.04 Å². The molecule has 1 unspecified atom stereocenters. The van der Waals surface area contributed by atoms with Gasteiger partial charge in [0.1, 0.15) is 5.92 Å². The molecule has 0 radical (unpaired) electrons. The number of fused-ring (bicyclic) bond motifs is 1. The third-order valence-corrected chi connectivity index (χ3v) is 3.54. The average Bonchev–Trinajstić information content (AvgIpc) is 2.76. The van der Waals surface area contributed by atoms with Gasteiger partial charge in [0, 0.05) is 12.2 Å². The van der Waals surface area contributed by atoms with Gasteiger partial charge in [-0.05, 0) is 17.5 Å². The monoisotopic (exact) mass is 262 g/mol. The van der Waals surface area contributed by atoms with E-state index in [0.29, 0.717) is 11.3 Å². The van der Waals surface area contributed by atoms with Gasteiger partial charge < -0.3 is 15.7 Å². The summed E-state index contributed by atoms with van der Waals surface area (Å²) >= 11 is 0. The van der Waals surface area contributed by atoms with E-state index in [0.717, 1.165) is 0 Å². The van der Waals surface area contributed by atoms with Crippen molar-refractivity contribution in [3.8, 4) is 0 Å². The summed E-state index contributed by atoms with van der Waals surface area (Å²) < 4.78 is 0. The number of amides is 1. The van der Waals surface area contributed by atoms with Crippen molar-refractivity contribution >= 4 is 17.6 Å². The molecule has 5 heteroatoms. The molecule has 1 amide bonds. The van der Waals surface area contributed by atoms with E-state index in [-0.39, 0.29) is 18.4 Å². The lowest BCUT2D eigenvalue weighted by atomic mass is 10.0. The minimum Gasteiger partial charge on any atom is -0.481 e. The molecule has 2 atom stereocenters. The van der Waals surface area contributed by atoms with Crippen molar-refractivity contribution in [2.75, 3.05) is 11.4 Å². The van der Waals surface area contributed by atoms with Crippen LogP contribution >= 0.6 is 0 Å². The standard InChI is InChI=1S/C14H18N2O3/c1-8(2)12(15)13(17)16-7-10(14(18)19)9-5-3-4-6-11(9)16/h3-6,8,10,12H,7,15H2,1-2H3,(H,18,19)/t10?,12-/m1/s1. The Hall–Kier alpha value is -1.88. The Labute approximate surface area is 112 Å². The van der Waals surface area contributed by atoms with Crippen molar-refractivity contribution < 1.29 is 14.7 Å². The number of carbonyl (C=O) groups excluding carboxylic acids is 1. The van der Waals surface area contributed by atoms with Gasteiger partial charge in [-0.2, -0.15) is 0 Å². The summed E-state index contributed by atoms with van der Waals surface area (Å²) in [5, 5.41) is 9.24. The highest BCUT2D eigenvalue weighted by Gasteiger charge is 2.38. The lowest BCUT2D eigenvalue weighted by molar-refractivity contribution is -0.138. The van der Waals surface area contributed by atoms with Gasteiger partial charge in [0.2, 0.25) is 5.91 Å². The number of benzene rings is 1. The molecule has 5 nitrogen and oxygen atoms in total. The van der Waals surface area contributed by atoms with Crippen LogP contribution in [0.1, 0.15) is 25.3 Å². The molecular formula is C14H18N2O3. The normalized spacial score (nSPS) is 19.4. The van der Waals surface area contributed by atoms with Crippen LogP contribution in [0, 0.1) is 5.92 Å². The number of para-hydroxylation sites is 1. The van der Waals surface area contributed by atoms with Crippen LogP contribution in [0.15, 0.2) is 24.3 Å². The van der Waals surface area contributed by atoms with Gasteiger partial charge in [0.15, 0.2) is 0 Å². The molecule has 2 rings (SSSR count). The van der Waals surface area contributed by atoms with Crippen LogP contribution in [0.4, 0.5) is 5.69 Å². The Kier molecular flexibility index (Phi) is 3.57. The van der Waals surface area contributed by atoms with E-state index in [2.05, 4.69) is 0 Å². The fourth-order valence-electron chi connectivity index (χ4n) is 2.29. The van der Waals surface area contributed by atoms with Crippen molar-refractivity contribution in [3.05, 3.63) is 29.8 Å². The second-order valence-corrected chi connectivity index (χ2v) is 5.17. The van der Waals surface area contributed by atoms with Crippen LogP contribution in [-0.4, -0.2) is 29.6 Å². The van der Waals surface area contributed by atoms with E-state index in [1.165, 1.54) is 4.90 Å². The third-order valence-electron chi connectivity index (χ3n) is 3.54. The minimum atomic E-state index is -0.916. The number of carbonyl (C=O) groups is 2. The summed E-state index contributed by atoms with van der Waals surface area (Å²) in [7, 11) is 0. The quantitative estimate of drug-likeness (QED) is 0.857. The summed E-state index contributed by atoms with van der Waals surface area (Å²) in [5.74, 6) is -1.78. The topological polar surface area (TPSA) is 83.6 Å². The maximum absolute atomic E-state index is 12.3. The van der Waals surface area contributed by atoms with Crippen LogP contribution < -0.4 is 10.6 Å². The third kappa shape index (κ3) is 2.33. The Balaban J connectivity index is 2.35. The summed E-state index contributed by atoms with van der Waals surface area (Å²) in [6.07, 6.45) is 0. The van der Waals surface area contributed by atoms with Gasteiger partial charge in [-0.1, -0.05) is 32.0 Å². The van der Waals surface area contributed by atoms with Crippen molar-refractivity contribution in [2.45, 2.75) is 25.8 Å². The van der Waals surface area contributed by atoms with Crippen LogP contribution in [0.3, 0.4) is 0 Å². The molecule has 1 aliphatic rings. The number of carboxylic acid groups (broad SMARTS) is 1. The predicted molar refractivity (Wildman–Crippen MR) is 72.0 cm³/mol. The average molecular weight is 262 g/mol. The lowest BCUT2D eigenvalue weighted by Crippen LogP contribution is -2.46. The molecule has 1 aromatic carbocycles. The SMILES string of the molecule is CC(C)[C@@H](N)C(=O)N1CC(C(=O)O)c2ccccc21. The van der Waals surface area contributed by atoms with Gasteiger partial charge in [-0.15, -0.1) is 0 Å². The maximum atomic E-state index is 12.3. The molecular weight excluding hydrogens is 244 g/mol. The number of anilines is 1. The maximum Gasteiger partial charge on any atom is 0.312 e. The summed E-state index contributed by atoms with van der Waals surface area (Å²) in [6, 6.07) is 6.49. The summed E-state index contributed by atoms with van der Waals surface area (Å²) in [6.45, 7) is 3.91. The van der Waals surface area contributed by atoms with E-state index < -0.39 is 17.9 Å². The number of nitrogens with zero attached hydrogens (tertiary/aromatic N) is 1. The molecule has 1 heterocycles. The lowest BCUT2D eigenvalue weighted by Gasteiger charge is -2.23. The number of hydrogen-bond donors (Lipinski definition) is 2. The van der Waals surface area contributed by atoms with Crippen LogP contribution in [-0.2, 0) is 9.59 Å². The molecule has 0 spiro atoms. The number of aliphatic carboxylic acids is 1. The van der Waals surface area contributed by atoms with Crippen molar-refractivity contribution in [3.63, 3.8) is 0 Å². The molecule has 1 aromatic rings. The second kappa shape index (κ2) is 5.01. The molecule has 19 heavy (non-hydrogen) atoms. The van der Waals surface area contributed by atoms with Gasteiger partial charge in [0.25, 0.3) is 0 Å². The number of hydrogen-bond acceptors (Lipinski definition) is 3. The van der Waals surface area contributed by atoms with Gasteiger partial charge in [-0.25, -0.2) is 0 Å². The summed E-state index contributed by atoms with van der Waals surface area (Å²) in [5.41, 5.74) is 7.22. The van der Waals surface area contributed by atoms with Crippen molar-refractivity contribution in [1.82, 2.24) is 0 Å². The van der Waals surface area contributed by atoms with Crippen LogP contribution in [0.2, 0.25) is 0 Å². The van der Waals surface area contributed by atoms with E-state index in [9.17, 15) is 14.7 Å². The second-order valence-electron chi connectivity index (χ2n) is 5.17. The largest absolute Gasteiger partial charge is 0.481 e. The highest BCUT2D eigenvalue weighted by molar-refractivity contribution is 6.01. The zero-order chi connectivity index (χ0) is 14.2. The van der Waals surface area contributed by atoms with Gasteiger partial charge >= 0.3 is 5.97 Å². The fraction of sp³-hybridized carbons (Fsp3) is 0.429.